The van der Waals surface area contributed by atoms with Gasteiger partial charge in [-0.1, -0.05) is 42.5 Å². The SMILES string of the molecule is Cc1nc(Cc2cccc3ccccc23)sc1CC(=O)NCCCN(C)C. The van der Waals surface area contributed by atoms with Crippen LogP contribution < -0.4 is 5.32 Å². The van der Waals surface area contributed by atoms with Crippen LogP contribution in [0.15, 0.2) is 42.5 Å². The van der Waals surface area contributed by atoms with Crippen LogP contribution in [0.25, 0.3) is 10.8 Å². The monoisotopic (exact) mass is 381 g/mol. The van der Waals surface area contributed by atoms with Gasteiger partial charge in [0, 0.05) is 17.8 Å². The average molecular weight is 382 g/mol. The Morgan fingerprint density at radius 2 is 1.93 bits per heavy atom. The third-order valence-electron chi connectivity index (χ3n) is 4.58. The largest absolute Gasteiger partial charge is 0.356 e. The first kappa shape index (κ1) is 19.5. The lowest BCUT2D eigenvalue weighted by Gasteiger charge is -2.09. The summed E-state index contributed by atoms with van der Waals surface area (Å²) in [5.41, 5.74) is 2.25. The predicted molar refractivity (Wildman–Crippen MR) is 113 cm³/mol. The van der Waals surface area contributed by atoms with Crippen LogP contribution in [0.1, 0.15) is 27.6 Å². The van der Waals surface area contributed by atoms with Crippen LogP contribution in [0.5, 0.6) is 0 Å². The minimum Gasteiger partial charge on any atom is -0.356 e. The molecule has 142 valence electrons. The molecule has 27 heavy (non-hydrogen) atoms. The van der Waals surface area contributed by atoms with E-state index in [0.717, 1.165) is 41.5 Å². The molecule has 1 N–H and O–H groups in total. The highest BCUT2D eigenvalue weighted by Gasteiger charge is 2.13. The number of amides is 1. The average Bonchev–Trinajstić information content (AvgIpc) is 2.98. The van der Waals surface area contributed by atoms with Gasteiger partial charge in [-0.15, -0.1) is 11.3 Å². The Labute approximate surface area is 165 Å². The molecule has 0 radical (unpaired) electrons. The Morgan fingerprint density at radius 1 is 1.15 bits per heavy atom. The zero-order chi connectivity index (χ0) is 19.2. The van der Waals surface area contributed by atoms with Gasteiger partial charge in [-0.05, 0) is 50.3 Å². The van der Waals surface area contributed by atoms with Gasteiger partial charge in [0.2, 0.25) is 5.91 Å². The second-order valence-corrected chi connectivity index (χ2v) is 8.28. The van der Waals surface area contributed by atoms with Gasteiger partial charge in [0.15, 0.2) is 0 Å². The number of carbonyl (C=O) groups excluding carboxylic acids is 1. The first-order valence-electron chi connectivity index (χ1n) is 9.36. The lowest BCUT2D eigenvalue weighted by atomic mass is 10.0. The molecule has 0 bridgehead atoms. The van der Waals surface area contributed by atoms with E-state index in [4.69, 9.17) is 4.98 Å². The van der Waals surface area contributed by atoms with Crippen LogP contribution in [-0.2, 0) is 17.6 Å². The summed E-state index contributed by atoms with van der Waals surface area (Å²) in [5.74, 6) is 0.0808. The molecule has 0 fully saturated rings. The lowest BCUT2D eigenvalue weighted by molar-refractivity contribution is -0.120. The van der Waals surface area contributed by atoms with Crippen molar-refractivity contribution in [2.24, 2.45) is 0 Å². The molecular weight excluding hydrogens is 354 g/mol. The number of hydrogen-bond donors (Lipinski definition) is 1. The van der Waals surface area contributed by atoms with Crippen molar-refractivity contribution in [2.45, 2.75) is 26.2 Å². The standard InChI is InChI=1S/C22H27N3OS/c1-16-20(15-21(26)23-12-7-13-25(2)3)27-22(24-16)14-18-10-6-9-17-8-4-5-11-19(17)18/h4-6,8-11H,7,12-15H2,1-3H3,(H,23,26). The molecule has 1 amide bonds. The molecule has 5 heteroatoms. The first-order valence-corrected chi connectivity index (χ1v) is 10.2. The maximum absolute atomic E-state index is 12.2. The Morgan fingerprint density at radius 3 is 2.74 bits per heavy atom. The molecule has 0 saturated heterocycles. The number of rotatable bonds is 8. The summed E-state index contributed by atoms with van der Waals surface area (Å²) >= 11 is 1.66. The smallest absolute Gasteiger partial charge is 0.225 e. The van der Waals surface area contributed by atoms with Gasteiger partial charge in [0.25, 0.3) is 0 Å². The zero-order valence-corrected chi connectivity index (χ0v) is 17.1. The number of nitrogens with one attached hydrogen (secondary N) is 1. The fourth-order valence-corrected chi connectivity index (χ4v) is 4.26. The molecule has 0 aliphatic rings. The van der Waals surface area contributed by atoms with E-state index in [1.165, 1.54) is 16.3 Å². The molecule has 3 aromatic rings. The molecule has 0 aliphatic carbocycles. The molecule has 0 saturated carbocycles. The summed E-state index contributed by atoms with van der Waals surface area (Å²) in [6.07, 6.45) is 2.19. The number of benzene rings is 2. The zero-order valence-electron chi connectivity index (χ0n) is 16.3. The number of hydrogen-bond acceptors (Lipinski definition) is 4. The van der Waals surface area contributed by atoms with E-state index in [1.54, 1.807) is 11.3 Å². The van der Waals surface area contributed by atoms with Crippen molar-refractivity contribution in [1.29, 1.82) is 0 Å². The van der Waals surface area contributed by atoms with Crippen LogP contribution in [0.3, 0.4) is 0 Å². The summed E-state index contributed by atoms with van der Waals surface area (Å²) in [4.78, 5) is 20.1. The summed E-state index contributed by atoms with van der Waals surface area (Å²) in [7, 11) is 4.08. The Balaban J connectivity index is 1.63. The third kappa shape index (κ3) is 5.37. The number of aryl methyl sites for hydroxylation is 1. The van der Waals surface area contributed by atoms with Crippen LogP contribution in [0.4, 0.5) is 0 Å². The summed E-state index contributed by atoms with van der Waals surface area (Å²) < 4.78 is 0. The van der Waals surface area contributed by atoms with E-state index in [9.17, 15) is 4.79 Å². The Bertz CT molecular complexity index is 912. The van der Waals surface area contributed by atoms with Crippen molar-refractivity contribution in [3.8, 4) is 0 Å². The van der Waals surface area contributed by atoms with Gasteiger partial charge in [0.1, 0.15) is 0 Å². The van der Waals surface area contributed by atoms with Crippen LogP contribution in [0, 0.1) is 6.92 Å². The van der Waals surface area contributed by atoms with E-state index in [0.29, 0.717) is 6.42 Å². The summed E-state index contributed by atoms with van der Waals surface area (Å²) in [6, 6.07) is 14.8. The van der Waals surface area contributed by atoms with Crippen molar-refractivity contribution in [2.75, 3.05) is 27.2 Å². The highest BCUT2D eigenvalue weighted by molar-refractivity contribution is 7.11. The minimum atomic E-state index is 0.0808. The van der Waals surface area contributed by atoms with E-state index in [2.05, 4.69) is 52.7 Å². The van der Waals surface area contributed by atoms with Crippen molar-refractivity contribution in [1.82, 2.24) is 15.2 Å². The van der Waals surface area contributed by atoms with Gasteiger partial charge >= 0.3 is 0 Å². The second kappa shape index (κ2) is 9.11. The number of nitrogens with zero attached hydrogens (tertiary/aromatic N) is 2. The van der Waals surface area contributed by atoms with Crippen molar-refractivity contribution >= 4 is 28.0 Å². The molecule has 1 heterocycles. The highest BCUT2D eigenvalue weighted by atomic mass is 32.1. The fourth-order valence-electron chi connectivity index (χ4n) is 3.17. The normalized spacial score (nSPS) is 11.3. The predicted octanol–water partition coefficient (Wildman–Crippen LogP) is 3.81. The molecule has 0 spiro atoms. The number of aromatic nitrogens is 1. The van der Waals surface area contributed by atoms with E-state index >= 15 is 0 Å². The van der Waals surface area contributed by atoms with Crippen molar-refractivity contribution in [3.05, 3.63) is 63.6 Å². The molecular formula is C22H27N3OS. The minimum absolute atomic E-state index is 0.0808. The molecule has 0 atom stereocenters. The fraction of sp³-hybridized carbons (Fsp3) is 0.364. The van der Waals surface area contributed by atoms with Gasteiger partial charge < -0.3 is 10.2 Å². The van der Waals surface area contributed by atoms with Gasteiger partial charge in [-0.2, -0.15) is 0 Å². The lowest BCUT2D eigenvalue weighted by Crippen LogP contribution is -2.28. The maximum atomic E-state index is 12.2. The van der Waals surface area contributed by atoms with Crippen LogP contribution >= 0.6 is 11.3 Å². The van der Waals surface area contributed by atoms with E-state index in [-0.39, 0.29) is 5.91 Å². The molecule has 3 rings (SSSR count). The summed E-state index contributed by atoms with van der Waals surface area (Å²) in [6.45, 7) is 3.70. The third-order valence-corrected chi connectivity index (χ3v) is 5.74. The Kier molecular flexibility index (Phi) is 6.58. The van der Waals surface area contributed by atoms with Crippen molar-refractivity contribution in [3.63, 3.8) is 0 Å². The van der Waals surface area contributed by atoms with Crippen LogP contribution in [-0.4, -0.2) is 43.0 Å². The highest BCUT2D eigenvalue weighted by Crippen LogP contribution is 2.25. The van der Waals surface area contributed by atoms with Crippen molar-refractivity contribution < 1.29 is 4.79 Å². The topological polar surface area (TPSA) is 45.2 Å². The van der Waals surface area contributed by atoms with E-state index < -0.39 is 0 Å². The number of thiazole rings is 1. The summed E-state index contributed by atoms with van der Waals surface area (Å²) in [5, 5.41) is 6.60. The van der Waals surface area contributed by atoms with Gasteiger partial charge in [0.05, 0.1) is 17.1 Å². The van der Waals surface area contributed by atoms with Gasteiger partial charge in [-0.3, -0.25) is 4.79 Å². The molecule has 2 aromatic carbocycles. The quantitative estimate of drug-likeness (QED) is 0.604. The second-order valence-electron chi connectivity index (χ2n) is 7.11. The van der Waals surface area contributed by atoms with Crippen LogP contribution in [0.2, 0.25) is 0 Å². The molecule has 0 aliphatic heterocycles. The Hall–Kier alpha value is -2.24. The van der Waals surface area contributed by atoms with Gasteiger partial charge in [-0.25, -0.2) is 4.98 Å². The molecule has 0 unspecified atom stereocenters. The number of carbonyl (C=O) groups is 1. The van der Waals surface area contributed by atoms with E-state index in [1.807, 2.05) is 21.0 Å². The molecule has 4 nitrogen and oxygen atoms in total. The first-order chi connectivity index (χ1) is 13.0. The number of fused-ring (bicyclic) bond motifs is 1. The molecule has 1 aromatic heterocycles. The maximum Gasteiger partial charge on any atom is 0.225 e.